The molecular weight excluding hydrogens is 310 g/mol. The molecule has 0 radical (unpaired) electrons. The van der Waals surface area contributed by atoms with Crippen LogP contribution in [0.5, 0.6) is 0 Å². The molecule has 0 aliphatic heterocycles. The molecule has 0 saturated heterocycles. The third kappa shape index (κ3) is 2.81. The van der Waals surface area contributed by atoms with Crippen LogP contribution in [0.2, 0.25) is 0 Å². The average Bonchev–Trinajstić information content (AvgIpc) is 3.01. The van der Waals surface area contributed by atoms with Crippen LogP contribution in [0.1, 0.15) is 36.6 Å². The number of nitrogens with zero attached hydrogens (tertiary/aromatic N) is 4. The lowest BCUT2D eigenvalue weighted by atomic mass is 10.0. The van der Waals surface area contributed by atoms with Gasteiger partial charge in [0.1, 0.15) is 6.33 Å². The number of hydrogen-bond acceptors (Lipinski definition) is 5. The molecule has 0 aliphatic rings. The van der Waals surface area contributed by atoms with Gasteiger partial charge in [0, 0.05) is 0 Å². The monoisotopic (exact) mass is 325 g/mol. The molecule has 0 bridgehead atoms. The summed E-state index contributed by atoms with van der Waals surface area (Å²) >= 11 is 0. The lowest BCUT2D eigenvalue weighted by Gasteiger charge is -2.04. The number of nitrogens with one attached hydrogen (secondary N) is 1. The van der Waals surface area contributed by atoms with Gasteiger partial charge in [0.15, 0.2) is 5.69 Å². The van der Waals surface area contributed by atoms with Crippen LogP contribution in [0.25, 0.3) is 17.9 Å². The second-order valence-corrected chi connectivity index (χ2v) is 5.59. The number of aromatic amines is 1. The molecule has 0 amide bonds. The van der Waals surface area contributed by atoms with Crippen LogP contribution in [0.4, 0.5) is 5.69 Å². The Morgan fingerprint density at radius 2 is 1.96 bits per heavy atom. The summed E-state index contributed by atoms with van der Waals surface area (Å²) in [6, 6.07) is 7.82. The lowest BCUT2D eigenvalue weighted by molar-refractivity contribution is -0.386. The van der Waals surface area contributed by atoms with Crippen molar-refractivity contribution in [1.29, 1.82) is 0 Å². The number of rotatable bonds is 4. The zero-order chi connectivity index (χ0) is 17.3. The summed E-state index contributed by atoms with van der Waals surface area (Å²) in [6.07, 6.45) is 4.40. The molecular formula is C16H15N5O3. The number of benzene rings is 1. The van der Waals surface area contributed by atoms with Crippen molar-refractivity contribution in [3.63, 3.8) is 0 Å². The van der Waals surface area contributed by atoms with E-state index in [1.165, 1.54) is 18.0 Å². The van der Waals surface area contributed by atoms with Gasteiger partial charge in [-0.05, 0) is 23.1 Å². The molecule has 3 aromatic rings. The quantitative estimate of drug-likeness (QED) is 0.586. The maximum absolute atomic E-state index is 12.2. The van der Waals surface area contributed by atoms with Gasteiger partial charge in [0.05, 0.1) is 4.92 Å². The Morgan fingerprint density at radius 3 is 2.58 bits per heavy atom. The summed E-state index contributed by atoms with van der Waals surface area (Å²) in [4.78, 5) is 30.6. The van der Waals surface area contributed by atoms with Crippen molar-refractivity contribution >= 4 is 23.6 Å². The molecule has 0 saturated carbocycles. The van der Waals surface area contributed by atoms with Gasteiger partial charge in [0.25, 0.3) is 5.78 Å². The van der Waals surface area contributed by atoms with Crippen LogP contribution in [0.15, 0.2) is 35.4 Å². The van der Waals surface area contributed by atoms with Gasteiger partial charge in [-0.1, -0.05) is 44.2 Å². The van der Waals surface area contributed by atoms with Crippen LogP contribution >= 0.6 is 0 Å². The third-order valence-corrected chi connectivity index (χ3v) is 3.65. The van der Waals surface area contributed by atoms with Crippen molar-refractivity contribution in [3.8, 4) is 0 Å². The van der Waals surface area contributed by atoms with Crippen LogP contribution in [0, 0.1) is 10.1 Å². The third-order valence-electron chi connectivity index (χ3n) is 3.65. The molecule has 8 nitrogen and oxygen atoms in total. The molecule has 24 heavy (non-hydrogen) atoms. The van der Waals surface area contributed by atoms with Crippen molar-refractivity contribution in [2.24, 2.45) is 0 Å². The van der Waals surface area contributed by atoms with Crippen molar-refractivity contribution in [2.45, 2.75) is 19.8 Å². The van der Waals surface area contributed by atoms with Crippen LogP contribution in [-0.2, 0) is 0 Å². The topological polar surface area (TPSA) is 106 Å². The second kappa shape index (κ2) is 6.07. The molecule has 0 fully saturated rings. The standard InChI is InChI=1S/C16H15N5O3/c1-10(2)12-6-3-11(4-7-12)5-8-13-14(21(23)24)15(22)20-16(19-13)17-9-18-20/h3-10H,1-2H3,(H,17,18,19)/b8-5+. The Labute approximate surface area is 136 Å². The van der Waals surface area contributed by atoms with Crippen LogP contribution in [-0.4, -0.2) is 24.5 Å². The highest BCUT2D eigenvalue weighted by Gasteiger charge is 2.22. The Balaban J connectivity index is 2.04. The van der Waals surface area contributed by atoms with Gasteiger partial charge in [-0.15, -0.1) is 0 Å². The van der Waals surface area contributed by atoms with E-state index in [1.807, 2.05) is 24.3 Å². The highest BCUT2D eigenvalue weighted by atomic mass is 16.6. The van der Waals surface area contributed by atoms with Crippen LogP contribution in [0.3, 0.4) is 0 Å². The van der Waals surface area contributed by atoms with E-state index in [1.54, 1.807) is 6.08 Å². The molecule has 122 valence electrons. The van der Waals surface area contributed by atoms with Crippen molar-refractivity contribution < 1.29 is 4.92 Å². The lowest BCUT2D eigenvalue weighted by Crippen LogP contribution is -2.20. The minimum Gasteiger partial charge on any atom is -0.277 e. The van der Waals surface area contributed by atoms with E-state index in [4.69, 9.17) is 0 Å². The summed E-state index contributed by atoms with van der Waals surface area (Å²) in [5.74, 6) is 0.508. The highest BCUT2D eigenvalue weighted by Crippen LogP contribution is 2.18. The maximum Gasteiger partial charge on any atom is 0.361 e. The molecule has 1 N–H and O–H groups in total. The molecule has 2 aromatic heterocycles. The fourth-order valence-electron chi connectivity index (χ4n) is 2.32. The summed E-state index contributed by atoms with van der Waals surface area (Å²) in [7, 11) is 0. The first-order valence-electron chi connectivity index (χ1n) is 7.36. The van der Waals surface area contributed by atoms with Crippen molar-refractivity contribution in [3.05, 3.63) is 67.9 Å². The number of fused-ring (bicyclic) bond motifs is 1. The summed E-state index contributed by atoms with van der Waals surface area (Å²) in [5.41, 5.74) is 0.652. The summed E-state index contributed by atoms with van der Waals surface area (Å²) in [5, 5.41) is 13.7. The summed E-state index contributed by atoms with van der Waals surface area (Å²) in [6.45, 7) is 4.20. The first-order valence-corrected chi connectivity index (χ1v) is 7.36. The van der Waals surface area contributed by atoms with E-state index in [0.29, 0.717) is 5.92 Å². The molecule has 0 atom stereocenters. The number of hydrogen-bond donors (Lipinski definition) is 1. The van der Waals surface area contributed by atoms with E-state index in [0.717, 1.165) is 10.1 Å². The van der Waals surface area contributed by atoms with Crippen molar-refractivity contribution in [2.75, 3.05) is 0 Å². The molecule has 0 unspecified atom stereocenters. The Kier molecular flexibility index (Phi) is 3.95. The minimum atomic E-state index is -0.794. The molecule has 0 aliphatic carbocycles. The second-order valence-electron chi connectivity index (χ2n) is 5.59. The molecule has 1 aromatic carbocycles. The average molecular weight is 325 g/mol. The zero-order valence-corrected chi connectivity index (χ0v) is 13.1. The van der Waals surface area contributed by atoms with Gasteiger partial charge in [-0.2, -0.15) is 4.52 Å². The fraction of sp³-hybridized carbons (Fsp3) is 0.188. The Morgan fingerprint density at radius 1 is 1.25 bits per heavy atom. The van der Waals surface area contributed by atoms with E-state index in [-0.39, 0.29) is 11.5 Å². The van der Waals surface area contributed by atoms with Crippen molar-refractivity contribution in [1.82, 2.24) is 19.6 Å². The number of H-pyrrole nitrogens is 1. The fourth-order valence-corrected chi connectivity index (χ4v) is 2.32. The first kappa shape index (κ1) is 15.6. The van der Waals surface area contributed by atoms with E-state index in [2.05, 4.69) is 28.9 Å². The zero-order valence-electron chi connectivity index (χ0n) is 13.1. The molecule has 8 heteroatoms. The predicted molar refractivity (Wildman–Crippen MR) is 89.7 cm³/mol. The van der Waals surface area contributed by atoms with E-state index < -0.39 is 16.2 Å². The van der Waals surface area contributed by atoms with E-state index in [9.17, 15) is 14.9 Å². The summed E-state index contributed by atoms with van der Waals surface area (Å²) < 4.78 is 0.937. The Hall–Kier alpha value is -3.29. The molecule has 0 spiro atoms. The predicted octanol–water partition coefficient (Wildman–Crippen LogP) is 2.62. The molecule has 3 rings (SSSR count). The largest absolute Gasteiger partial charge is 0.361 e. The molecule has 2 heterocycles. The minimum absolute atomic E-state index is 0.0231. The number of nitro groups is 1. The van der Waals surface area contributed by atoms with Gasteiger partial charge < -0.3 is 0 Å². The first-order chi connectivity index (χ1) is 11.5. The Bertz CT molecular complexity index is 983. The maximum atomic E-state index is 12.2. The van der Waals surface area contributed by atoms with Crippen LogP contribution < -0.4 is 5.56 Å². The van der Waals surface area contributed by atoms with E-state index >= 15 is 0 Å². The number of aromatic nitrogens is 4. The van der Waals surface area contributed by atoms with Gasteiger partial charge in [-0.25, -0.2) is 9.97 Å². The van der Waals surface area contributed by atoms with Gasteiger partial charge in [0.2, 0.25) is 0 Å². The van der Waals surface area contributed by atoms with Gasteiger partial charge in [-0.3, -0.25) is 20.0 Å². The normalized spacial score (nSPS) is 11.6. The van der Waals surface area contributed by atoms with Gasteiger partial charge >= 0.3 is 11.2 Å². The smallest absolute Gasteiger partial charge is 0.277 e. The highest BCUT2D eigenvalue weighted by molar-refractivity contribution is 5.72. The SMILES string of the molecule is CC(C)c1ccc(/C=C/c2nc3nc[nH]n3c(=O)c2[N+](=O)[O-])cc1.